The Balaban J connectivity index is 1.73. The summed E-state index contributed by atoms with van der Waals surface area (Å²) in [7, 11) is 0. The lowest BCUT2D eigenvalue weighted by Gasteiger charge is -2.28. The van der Waals surface area contributed by atoms with Crippen LogP contribution in [0.4, 0.5) is 4.79 Å². The van der Waals surface area contributed by atoms with E-state index in [9.17, 15) is 19.2 Å². The Morgan fingerprint density at radius 3 is 2.61 bits per heavy atom. The van der Waals surface area contributed by atoms with Crippen LogP contribution in [0.2, 0.25) is 0 Å². The lowest BCUT2D eigenvalue weighted by Crippen LogP contribution is -2.46. The average molecular weight is 449 g/mol. The number of hydrogen-bond donors (Lipinski definition) is 1. The smallest absolute Gasteiger partial charge is 0.294 e. The Morgan fingerprint density at radius 2 is 1.94 bits per heavy atom. The third-order valence-electron chi connectivity index (χ3n) is 4.47. The highest BCUT2D eigenvalue weighted by molar-refractivity contribution is 8.18. The second-order valence-corrected chi connectivity index (χ2v) is 7.65. The number of benzene rings is 1. The standard InChI is InChI=1S/C20H23N3O7S/c1-2-29-15-9-13(3-4-14(15)30-12-17(21)24)10-16-19(26)23(20(27)31-16)11-18(25)22-5-7-28-8-6-22/h3-4,9-10H,2,5-8,11-12H2,1H3,(H2,21,24)/b16-10-. The number of amides is 4. The summed E-state index contributed by atoms with van der Waals surface area (Å²) in [4.78, 5) is 51.1. The van der Waals surface area contributed by atoms with Gasteiger partial charge < -0.3 is 24.8 Å². The molecule has 0 radical (unpaired) electrons. The molecule has 0 aliphatic carbocycles. The minimum absolute atomic E-state index is 0.202. The van der Waals surface area contributed by atoms with Gasteiger partial charge in [-0.1, -0.05) is 6.07 Å². The monoisotopic (exact) mass is 449 g/mol. The highest BCUT2D eigenvalue weighted by Gasteiger charge is 2.37. The van der Waals surface area contributed by atoms with Gasteiger partial charge in [0, 0.05) is 13.1 Å². The van der Waals surface area contributed by atoms with Crippen LogP contribution in [0.25, 0.3) is 6.08 Å². The third kappa shape index (κ3) is 5.76. The van der Waals surface area contributed by atoms with E-state index in [-0.39, 0.29) is 24.0 Å². The van der Waals surface area contributed by atoms with Gasteiger partial charge in [0.1, 0.15) is 6.54 Å². The number of ether oxygens (including phenoxy) is 3. The first-order valence-corrected chi connectivity index (χ1v) is 10.5. The molecule has 1 aromatic rings. The van der Waals surface area contributed by atoms with Gasteiger partial charge in [0.2, 0.25) is 5.91 Å². The van der Waals surface area contributed by atoms with Crippen LogP contribution in [0.15, 0.2) is 23.1 Å². The highest BCUT2D eigenvalue weighted by atomic mass is 32.2. The van der Waals surface area contributed by atoms with Gasteiger partial charge in [-0.15, -0.1) is 0 Å². The van der Waals surface area contributed by atoms with Crippen molar-refractivity contribution in [2.24, 2.45) is 5.73 Å². The largest absolute Gasteiger partial charge is 0.490 e. The van der Waals surface area contributed by atoms with E-state index in [0.717, 1.165) is 16.7 Å². The van der Waals surface area contributed by atoms with Gasteiger partial charge in [-0.25, -0.2) is 0 Å². The Labute approximate surface area is 183 Å². The maximum Gasteiger partial charge on any atom is 0.294 e. The molecule has 2 aliphatic rings. The number of morpholine rings is 1. The predicted octanol–water partition coefficient (Wildman–Crippen LogP) is 0.845. The molecule has 0 saturated carbocycles. The first kappa shape index (κ1) is 22.6. The van der Waals surface area contributed by atoms with E-state index < -0.39 is 17.1 Å². The van der Waals surface area contributed by atoms with Crippen LogP contribution in [0, 0.1) is 0 Å². The van der Waals surface area contributed by atoms with E-state index in [1.165, 1.54) is 0 Å². The number of nitrogens with two attached hydrogens (primary N) is 1. The van der Waals surface area contributed by atoms with Crippen molar-refractivity contribution >= 4 is 40.8 Å². The summed E-state index contributed by atoms with van der Waals surface area (Å²) in [6.07, 6.45) is 1.55. The second-order valence-electron chi connectivity index (χ2n) is 6.66. The number of hydrogen-bond acceptors (Lipinski definition) is 8. The highest BCUT2D eigenvalue weighted by Crippen LogP contribution is 2.34. The normalized spacial score (nSPS) is 17.9. The maximum absolute atomic E-state index is 12.7. The molecule has 11 heteroatoms. The zero-order chi connectivity index (χ0) is 22.4. The maximum atomic E-state index is 12.7. The van der Waals surface area contributed by atoms with Crippen molar-refractivity contribution in [1.29, 1.82) is 0 Å². The predicted molar refractivity (Wildman–Crippen MR) is 112 cm³/mol. The molecule has 0 atom stereocenters. The molecular formula is C20H23N3O7S. The fourth-order valence-electron chi connectivity index (χ4n) is 2.99. The molecule has 4 amide bonds. The summed E-state index contributed by atoms with van der Waals surface area (Å²) in [5, 5.41) is -0.496. The molecule has 10 nitrogen and oxygen atoms in total. The topological polar surface area (TPSA) is 128 Å². The fourth-order valence-corrected chi connectivity index (χ4v) is 3.82. The molecular weight excluding hydrogens is 426 g/mol. The molecule has 1 aromatic carbocycles. The molecule has 166 valence electrons. The third-order valence-corrected chi connectivity index (χ3v) is 5.37. The van der Waals surface area contributed by atoms with Crippen LogP contribution in [-0.2, 0) is 19.1 Å². The summed E-state index contributed by atoms with van der Waals surface area (Å²) in [5.74, 6) is -0.724. The molecule has 31 heavy (non-hydrogen) atoms. The van der Waals surface area contributed by atoms with Gasteiger partial charge in [0.05, 0.1) is 24.7 Å². The van der Waals surface area contributed by atoms with Gasteiger partial charge >= 0.3 is 0 Å². The molecule has 0 aromatic heterocycles. The number of carbonyl (C=O) groups is 4. The molecule has 3 rings (SSSR count). The first-order chi connectivity index (χ1) is 14.9. The van der Waals surface area contributed by atoms with E-state index in [1.54, 1.807) is 36.1 Å². The van der Waals surface area contributed by atoms with Crippen LogP contribution in [0.5, 0.6) is 11.5 Å². The molecule has 0 bridgehead atoms. The van der Waals surface area contributed by atoms with E-state index in [4.69, 9.17) is 19.9 Å². The molecule has 0 unspecified atom stereocenters. The molecule has 0 spiro atoms. The second kappa shape index (κ2) is 10.3. The number of imide groups is 1. The summed E-state index contributed by atoms with van der Waals surface area (Å²) in [6, 6.07) is 4.88. The molecule has 2 saturated heterocycles. The van der Waals surface area contributed by atoms with Crippen LogP contribution >= 0.6 is 11.8 Å². The van der Waals surface area contributed by atoms with Crippen LogP contribution < -0.4 is 15.2 Å². The van der Waals surface area contributed by atoms with Gasteiger partial charge in [-0.3, -0.25) is 24.1 Å². The summed E-state index contributed by atoms with van der Waals surface area (Å²) in [5.41, 5.74) is 5.70. The summed E-state index contributed by atoms with van der Waals surface area (Å²) in [6.45, 7) is 3.31. The average Bonchev–Trinajstić information content (AvgIpc) is 3.01. The Bertz CT molecular complexity index is 912. The van der Waals surface area contributed by atoms with Crippen molar-refractivity contribution in [3.63, 3.8) is 0 Å². The zero-order valence-corrected chi connectivity index (χ0v) is 17.8. The minimum Gasteiger partial charge on any atom is -0.490 e. The number of rotatable bonds is 8. The quantitative estimate of drug-likeness (QED) is 0.578. The Hall–Kier alpha value is -3.05. The van der Waals surface area contributed by atoms with Gasteiger partial charge in [0.15, 0.2) is 18.1 Å². The number of primary amides is 1. The van der Waals surface area contributed by atoms with E-state index in [0.29, 0.717) is 50.0 Å². The number of carbonyl (C=O) groups excluding carboxylic acids is 4. The fraction of sp³-hybridized carbons (Fsp3) is 0.400. The Morgan fingerprint density at radius 1 is 1.19 bits per heavy atom. The summed E-state index contributed by atoms with van der Waals surface area (Å²) < 4.78 is 16.1. The lowest BCUT2D eigenvalue weighted by atomic mass is 10.2. The number of nitrogens with zero attached hydrogens (tertiary/aromatic N) is 2. The van der Waals surface area contributed by atoms with E-state index in [2.05, 4.69) is 0 Å². The van der Waals surface area contributed by atoms with Crippen molar-refractivity contribution < 1.29 is 33.4 Å². The first-order valence-electron chi connectivity index (χ1n) is 9.68. The zero-order valence-electron chi connectivity index (χ0n) is 17.0. The number of thioether (sulfide) groups is 1. The minimum atomic E-state index is -0.619. The van der Waals surface area contributed by atoms with Crippen molar-refractivity contribution in [2.75, 3.05) is 46.1 Å². The van der Waals surface area contributed by atoms with Crippen molar-refractivity contribution in [1.82, 2.24) is 9.80 Å². The van der Waals surface area contributed by atoms with Gasteiger partial charge in [-0.05, 0) is 42.5 Å². The SMILES string of the molecule is CCOc1cc(/C=C2\SC(=O)N(CC(=O)N3CCOCC3)C2=O)ccc1OCC(N)=O. The Kier molecular flexibility index (Phi) is 7.53. The van der Waals surface area contributed by atoms with Gasteiger partial charge in [0.25, 0.3) is 17.1 Å². The van der Waals surface area contributed by atoms with E-state index >= 15 is 0 Å². The molecule has 2 fully saturated rings. The molecule has 2 N–H and O–H groups in total. The summed E-state index contributed by atoms with van der Waals surface area (Å²) >= 11 is 0.773. The van der Waals surface area contributed by atoms with Crippen LogP contribution in [0.1, 0.15) is 12.5 Å². The van der Waals surface area contributed by atoms with Crippen molar-refractivity contribution in [3.8, 4) is 11.5 Å². The van der Waals surface area contributed by atoms with Crippen LogP contribution in [-0.4, -0.2) is 78.8 Å². The lowest BCUT2D eigenvalue weighted by molar-refractivity contribution is -0.139. The molecule has 2 aliphatic heterocycles. The van der Waals surface area contributed by atoms with Gasteiger partial charge in [-0.2, -0.15) is 0 Å². The van der Waals surface area contributed by atoms with E-state index in [1.807, 2.05) is 0 Å². The van der Waals surface area contributed by atoms with Crippen LogP contribution in [0.3, 0.4) is 0 Å². The van der Waals surface area contributed by atoms with Crippen molar-refractivity contribution in [3.05, 3.63) is 28.7 Å². The molecule has 2 heterocycles. The van der Waals surface area contributed by atoms with Crippen molar-refractivity contribution in [2.45, 2.75) is 6.92 Å².